The fourth-order valence-electron chi connectivity index (χ4n) is 4.61. The van der Waals surface area contributed by atoms with Crippen LogP contribution in [0.1, 0.15) is 13.8 Å². The Morgan fingerprint density at radius 1 is 0.939 bits per heavy atom. The number of nitrogens with zero attached hydrogens (tertiary/aromatic N) is 4. The van der Waals surface area contributed by atoms with E-state index >= 15 is 0 Å². The Balaban J connectivity index is 1.23. The minimum absolute atomic E-state index is 0.0964. The van der Waals surface area contributed by atoms with Crippen LogP contribution in [-0.4, -0.2) is 112 Å². The molecule has 4 rings (SSSR count). The van der Waals surface area contributed by atoms with E-state index in [-0.39, 0.29) is 24.7 Å². The molecule has 3 saturated heterocycles. The van der Waals surface area contributed by atoms with E-state index in [2.05, 4.69) is 24.1 Å². The van der Waals surface area contributed by atoms with Gasteiger partial charge in [0.25, 0.3) is 10.2 Å². The summed E-state index contributed by atoms with van der Waals surface area (Å²) >= 11 is 0. The molecule has 184 valence electrons. The largest absolute Gasteiger partial charge is 0.379 e. The van der Waals surface area contributed by atoms with Crippen LogP contribution in [0.15, 0.2) is 24.3 Å². The summed E-state index contributed by atoms with van der Waals surface area (Å²) in [5.74, 6) is -0.0964. The van der Waals surface area contributed by atoms with Crippen molar-refractivity contribution in [1.29, 1.82) is 0 Å². The number of morpholine rings is 2. The van der Waals surface area contributed by atoms with Crippen molar-refractivity contribution in [2.75, 3.05) is 82.3 Å². The molecule has 11 heteroatoms. The number of amides is 1. The van der Waals surface area contributed by atoms with Gasteiger partial charge in [0.05, 0.1) is 32.0 Å². The summed E-state index contributed by atoms with van der Waals surface area (Å²) in [4.78, 5) is 16.8. The molecule has 0 aromatic heterocycles. The van der Waals surface area contributed by atoms with Crippen molar-refractivity contribution in [2.45, 2.75) is 26.1 Å². The zero-order valence-electron chi connectivity index (χ0n) is 19.5. The van der Waals surface area contributed by atoms with E-state index in [4.69, 9.17) is 9.47 Å². The van der Waals surface area contributed by atoms with Gasteiger partial charge in [-0.25, -0.2) is 0 Å². The molecule has 2 unspecified atom stereocenters. The van der Waals surface area contributed by atoms with Crippen LogP contribution in [0.4, 0.5) is 11.4 Å². The maximum atomic E-state index is 12.8. The van der Waals surface area contributed by atoms with Gasteiger partial charge in [0.15, 0.2) is 0 Å². The van der Waals surface area contributed by atoms with E-state index in [1.54, 1.807) is 0 Å². The summed E-state index contributed by atoms with van der Waals surface area (Å²) in [7, 11) is -3.46. The molecular formula is C22H35N5O5S. The van der Waals surface area contributed by atoms with E-state index in [1.807, 2.05) is 29.2 Å². The highest BCUT2D eigenvalue weighted by Crippen LogP contribution is 2.22. The topological polar surface area (TPSA) is 94.7 Å². The molecule has 1 amide bonds. The van der Waals surface area contributed by atoms with Gasteiger partial charge in [-0.3, -0.25) is 9.69 Å². The Bertz CT molecular complexity index is 888. The number of nitrogens with one attached hydrogen (secondary N) is 1. The summed E-state index contributed by atoms with van der Waals surface area (Å²) in [5, 5.41) is 2.95. The highest BCUT2D eigenvalue weighted by Gasteiger charge is 2.33. The number of hydrogen-bond acceptors (Lipinski definition) is 7. The molecule has 0 saturated carbocycles. The first-order valence-electron chi connectivity index (χ1n) is 11.7. The number of carbonyl (C=O) groups is 1. The maximum Gasteiger partial charge on any atom is 0.282 e. The summed E-state index contributed by atoms with van der Waals surface area (Å²) < 4.78 is 39.6. The normalized spacial score (nSPS) is 26.3. The quantitative estimate of drug-likeness (QED) is 0.630. The van der Waals surface area contributed by atoms with E-state index in [0.29, 0.717) is 52.5 Å². The van der Waals surface area contributed by atoms with Crippen LogP contribution < -0.4 is 10.2 Å². The lowest BCUT2D eigenvalue weighted by Crippen LogP contribution is -2.55. The number of rotatable bonds is 6. The third-order valence-electron chi connectivity index (χ3n) is 6.26. The first-order valence-corrected chi connectivity index (χ1v) is 13.1. The molecule has 3 aliphatic rings. The van der Waals surface area contributed by atoms with Gasteiger partial charge in [-0.1, -0.05) is 0 Å². The Kier molecular flexibility index (Phi) is 7.87. The molecule has 0 radical (unpaired) electrons. The average Bonchev–Trinajstić information content (AvgIpc) is 2.80. The van der Waals surface area contributed by atoms with Gasteiger partial charge < -0.3 is 19.7 Å². The molecule has 0 spiro atoms. The molecular weight excluding hydrogens is 446 g/mol. The lowest BCUT2D eigenvalue weighted by Gasteiger charge is -2.37. The minimum Gasteiger partial charge on any atom is -0.379 e. The highest BCUT2D eigenvalue weighted by molar-refractivity contribution is 7.86. The van der Waals surface area contributed by atoms with Crippen LogP contribution >= 0.6 is 0 Å². The summed E-state index contributed by atoms with van der Waals surface area (Å²) in [6, 6.07) is 7.89. The highest BCUT2D eigenvalue weighted by atomic mass is 32.2. The summed E-state index contributed by atoms with van der Waals surface area (Å²) in [6.07, 6.45) is 0.384. The molecule has 10 nitrogen and oxygen atoms in total. The Labute approximate surface area is 196 Å². The number of hydrogen-bond donors (Lipinski definition) is 1. The zero-order chi connectivity index (χ0) is 23.4. The fourth-order valence-corrected chi connectivity index (χ4v) is 6.17. The van der Waals surface area contributed by atoms with Crippen LogP contribution in [0.5, 0.6) is 0 Å². The van der Waals surface area contributed by atoms with Gasteiger partial charge in [-0.2, -0.15) is 17.0 Å². The SMILES string of the molecule is CC1CN(c2ccc(NC(=O)CN3CCN(S(=O)(=O)N4CCOCC4)CC3)cc2)CC(C)O1. The second-order valence-electron chi connectivity index (χ2n) is 8.95. The van der Waals surface area contributed by atoms with Gasteiger partial charge in [0, 0.05) is 63.7 Å². The molecule has 1 aromatic rings. The second kappa shape index (κ2) is 10.7. The van der Waals surface area contributed by atoms with Crippen molar-refractivity contribution in [3.8, 4) is 0 Å². The number of benzene rings is 1. The van der Waals surface area contributed by atoms with Crippen molar-refractivity contribution in [3.05, 3.63) is 24.3 Å². The monoisotopic (exact) mass is 481 g/mol. The van der Waals surface area contributed by atoms with Gasteiger partial charge in [-0.05, 0) is 38.1 Å². The van der Waals surface area contributed by atoms with Crippen LogP contribution in [0, 0.1) is 0 Å². The predicted molar refractivity (Wildman–Crippen MR) is 127 cm³/mol. The second-order valence-corrected chi connectivity index (χ2v) is 10.9. The maximum absolute atomic E-state index is 12.8. The third kappa shape index (κ3) is 6.23. The number of ether oxygens (including phenoxy) is 2. The van der Waals surface area contributed by atoms with E-state index in [0.717, 1.165) is 24.5 Å². The molecule has 3 fully saturated rings. The molecule has 3 aliphatic heterocycles. The van der Waals surface area contributed by atoms with Gasteiger partial charge >= 0.3 is 0 Å². The number of piperazine rings is 1. The molecule has 1 N–H and O–H groups in total. The Hall–Kier alpha value is -1.76. The van der Waals surface area contributed by atoms with E-state index in [1.165, 1.54) is 8.61 Å². The fraction of sp³-hybridized carbons (Fsp3) is 0.682. The molecule has 2 atom stereocenters. The number of carbonyl (C=O) groups excluding carboxylic acids is 1. The van der Waals surface area contributed by atoms with Crippen molar-refractivity contribution in [2.24, 2.45) is 0 Å². The van der Waals surface area contributed by atoms with Crippen molar-refractivity contribution < 1.29 is 22.7 Å². The standard InChI is InChI=1S/C22H35N5O5S/c1-18-15-25(16-19(2)32-18)21-5-3-20(4-6-21)23-22(28)17-24-7-9-26(10-8-24)33(29,30)27-11-13-31-14-12-27/h3-6,18-19H,7-17H2,1-2H3,(H,23,28). The minimum atomic E-state index is -3.46. The zero-order valence-corrected chi connectivity index (χ0v) is 20.3. The Morgan fingerprint density at radius 2 is 1.52 bits per heavy atom. The Morgan fingerprint density at radius 3 is 2.12 bits per heavy atom. The van der Waals surface area contributed by atoms with Crippen LogP contribution in [0.3, 0.4) is 0 Å². The lowest BCUT2D eigenvalue weighted by molar-refractivity contribution is -0.117. The third-order valence-corrected chi connectivity index (χ3v) is 8.29. The van der Waals surface area contributed by atoms with Gasteiger partial charge in [-0.15, -0.1) is 0 Å². The molecule has 3 heterocycles. The van der Waals surface area contributed by atoms with Crippen LogP contribution in [-0.2, 0) is 24.5 Å². The molecule has 0 aliphatic carbocycles. The van der Waals surface area contributed by atoms with Crippen molar-refractivity contribution in [1.82, 2.24) is 13.5 Å². The van der Waals surface area contributed by atoms with Crippen molar-refractivity contribution >= 4 is 27.5 Å². The first-order chi connectivity index (χ1) is 15.8. The van der Waals surface area contributed by atoms with E-state index < -0.39 is 10.2 Å². The average molecular weight is 482 g/mol. The van der Waals surface area contributed by atoms with E-state index in [9.17, 15) is 13.2 Å². The van der Waals surface area contributed by atoms with Gasteiger partial charge in [0.2, 0.25) is 5.91 Å². The molecule has 0 bridgehead atoms. The number of anilines is 2. The molecule has 1 aromatic carbocycles. The lowest BCUT2D eigenvalue weighted by atomic mass is 10.2. The summed E-state index contributed by atoms with van der Waals surface area (Å²) in [6.45, 7) is 9.60. The van der Waals surface area contributed by atoms with Gasteiger partial charge in [0.1, 0.15) is 0 Å². The van der Waals surface area contributed by atoms with Crippen LogP contribution in [0.25, 0.3) is 0 Å². The van der Waals surface area contributed by atoms with Crippen molar-refractivity contribution in [3.63, 3.8) is 0 Å². The molecule has 33 heavy (non-hydrogen) atoms. The summed E-state index contributed by atoms with van der Waals surface area (Å²) in [5.41, 5.74) is 1.87. The smallest absolute Gasteiger partial charge is 0.282 e. The van der Waals surface area contributed by atoms with Crippen LogP contribution in [0.2, 0.25) is 0 Å². The first kappa shape index (κ1) is 24.4. The predicted octanol–water partition coefficient (Wildman–Crippen LogP) is 0.433.